The molecule has 1 aromatic carbocycles. The standard InChI is InChI=1S/C22H20N4O4S/c1-10-12(3)31-20-17(10)19(27)24-18(25-20)11(2)30-22(29)13-6-7-14-15(9-13)23-16-5-4-8-26(16)21(14)28/h6-7,9,11H,4-5,8H2,1-3H3,(H,24,25,27)/t11-/m0/s1. The van der Waals surface area contributed by atoms with Gasteiger partial charge in [-0.1, -0.05) is 0 Å². The number of thiophene rings is 1. The van der Waals surface area contributed by atoms with Gasteiger partial charge in [-0.05, 0) is 51.0 Å². The number of esters is 1. The average molecular weight is 436 g/mol. The first kappa shape index (κ1) is 19.6. The zero-order chi connectivity index (χ0) is 21.9. The van der Waals surface area contributed by atoms with Crippen LogP contribution in [-0.4, -0.2) is 25.5 Å². The van der Waals surface area contributed by atoms with Crippen LogP contribution < -0.4 is 11.1 Å². The summed E-state index contributed by atoms with van der Waals surface area (Å²) >= 11 is 1.44. The molecule has 8 nitrogen and oxygen atoms in total. The molecule has 1 aliphatic rings. The van der Waals surface area contributed by atoms with E-state index in [1.807, 2.05) is 13.8 Å². The molecule has 158 valence electrons. The number of hydrogen-bond donors (Lipinski definition) is 1. The second-order valence-electron chi connectivity index (χ2n) is 7.78. The van der Waals surface area contributed by atoms with Crippen LogP contribution in [0.5, 0.6) is 0 Å². The first-order valence-corrected chi connectivity index (χ1v) is 10.9. The molecule has 4 aromatic rings. The number of hydrogen-bond acceptors (Lipinski definition) is 7. The van der Waals surface area contributed by atoms with Crippen molar-refractivity contribution in [3.63, 3.8) is 0 Å². The first-order chi connectivity index (χ1) is 14.8. The third-order valence-corrected chi connectivity index (χ3v) is 6.88. The Kier molecular flexibility index (Phi) is 4.51. The summed E-state index contributed by atoms with van der Waals surface area (Å²) in [5.74, 6) is 0.466. The van der Waals surface area contributed by atoms with Crippen LogP contribution in [0, 0.1) is 13.8 Å². The molecule has 0 spiro atoms. The summed E-state index contributed by atoms with van der Waals surface area (Å²) in [6, 6.07) is 4.75. The molecule has 0 saturated heterocycles. The van der Waals surface area contributed by atoms with Crippen molar-refractivity contribution in [3.8, 4) is 0 Å². The largest absolute Gasteiger partial charge is 0.451 e. The first-order valence-electron chi connectivity index (χ1n) is 10.1. The molecule has 4 heterocycles. The lowest BCUT2D eigenvalue weighted by Crippen LogP contribution is -2.21. The zero-order valence-electron chi connectivity index (χ0n) is 17.3. The molecule has 1 N–H and O–H groups in total. The fourth-order valence-corrected chi connectivity index (χ4v) is 5.00. The molecular formula is C22H20N4O4S. The topological polar surface area (TPSA) is 107 Å². The third kappa shape index (κ3) is 3.16. The predicted octanol–water partition coefficient (Wildman–Crippen LogP) is 3.18. The minimum Gasteiger partial charge on any atom is -0.451 e. The molecular weight excluding hydrogens is 416 g/mol. The van der Waals surface area contributed by atoms with E-state index in [2.05, 4.69) is 15.0 Å². The number of benzene rings is 1. The normalized spacial score (nSPS) is 14.2. The molecule has 0 aliphatic carbocycles. The maximum atomic E-state index is 12.7. The van der Waals surface area contributed by atoms with Crippen LogP contribution >= 0.6 is 11.3 Å². The van der Waals surface area contributed by atoms with Crippen molar-refractivity contribution in [2.45, 2.75) is 46.3 Å². The van der Waals surface area contributed by atoms with Gasteiger partial charge in [0.2, 0.25) is 0 Å². The highest BCUT2D eigenvalue weighted by Crippen LogP contribution is 2.27. The second-order valence-corrected chi connectivity index (χ2v) is 8.99. The molecule has 0 saturated carbocycles. The Balaban J connectivity index is 1.45. The maximum Gasteiger partial charge on any atom is 0.338 e. The van der Waals surface area contributed by atoms with Gasteiger partial charge in [-0.3, -0.25) is 14.2 Å². The van der Waals surface area contributed by atoms with Crippen molar-refractivity contribution in [3.05, 3.63) is 66.6 Å². The van der Waals surface area contributed by atoms with Gasteiger partial charge in [-0.15, -0.1) is 11.3 Å². The molecule has 31 heavy (non-hydrogen) atoms. The van der Waals surface area contributed by atoms with Crippen LogP contribution in [0.1, 0.15) is 51.9 Å². The van der Waals surface area contributed by atoms with Gasteiger partial charge in [0.05, 0.1) is 21.9 Å². The van der Waals surface area contributed by atoms with E-state index < -0.39 is 12.1 Å². The average Bonchev–Trinajstić information content (AvgIpc) is 3.32. The van der Waals surface area contributed by atoms with Gasteiger partial charge in [0.25, 0.3) is 11.1 Å². The van der Waals surface area contributed by atoms with Gasteiger partial charge in [0, 0.05) is 17.8 Å². The van der Waals surface area contributed by atoms with Gasteiger partial charge in [-0.2, -0.15) is 0 Å². The lowest BCUT2D eigenvalue weighted by atomic mass is 10.1. The summed E-state index contributed by atoms with van der Waals surface area (Å²) in [5.41, 5.74) is 1.37. The molecule has 0 amide bonds. The zero-order valence-corrected chi connectivity index (χ0v) is 18.1. The minimum absolute atomic E-state index is 0.0811. The van der Waals surface area contributed by atoms with Crippen molar-refractivity contribution >= 4 is 38.4 Å². The van der Waals surface area contributed by atoms with E-state index in [1.165, 1.54) is 11.3 Å². The Hall–Kier alpha value is -3.33. The number of aryl methyl sites for hydroxylation is 3. The van der Waals surface area contributed by atoms with Gasteiger partial charge in [0.15, 0.2) is 11.9 Å². The number of carbonyl (C=O) groups is 1. The number of aromatic amines is 1. The van der Waals surface area contributed by atoms with E-state index in [0.29, 0.717) is 39.1 Å². The van der Waals surface area contributed by atoms with Crippen LogP contribution in [0.2, 0.25) is 0 Å². The van der Waals surface area contributed by atoms with Gasteiger partial charge in [-0.25, -0.2) is 14.8 Å². The van der Waals surface area contributed by atoms with Crippen LogP contribution in [-0.2, 0) is 17.7 Å². The highest BCUT2D eigenvalue weighted by Gasteiger charge is 2.21. The van der Waals surface area contributed by atoms with E-state index in [0.717, 1.165) is 29.1 Å². The highest BCUT2D eigenvalue weighted by atomic mass is 32.1. The lowest BCUT2D eigenvalue weighted by Gasteiger charge is -2.13. The Bertz CT molecular complexity index is 1500. The summed E-state index contributed by atoms with van der Waals surface area (Å²) in [6.45, 7) is 6.17. The van der Waals surface area contributed by atoms with Crippen molar-refractivity contribution in [1.29, 1.82) is 0 Å². The third-order valence-electron chi connectivity index (χ3n) is 5.78. The highest BCUT2D eigenvalue weighted by molar-refractivity contribution is 7.18. The number of ether oxygens (including phenoxy) is 1. The number of aromatic nitrogens is 4. The summed E-state index contributed by atoms with van der Waals surface area (Å²) < 4.78 is 7.25. The van der Waals surface area contributed by atoms with E-state index in [-0.39, 0.29) is 11.1 Å². The summed E-state index contributed by atoms with van der Waals surface area (Å²) in [4.78, 5) is 51.3. The Morgan fingerprint density at radius 3 is 2.87 bits per heavy atom. The van der Waals surface area contributed by atoms with Crippen LogP contribution in [0.15, 0.2) is 27.8 Å². The Morgan fingerprint density at radius 1 is 1.26 bits per heavy atom. The van der Waals surface area contributed by atoms with Crippen molar-refractivity contribution in [2.24, 2.45) is 0 Å². The monoisotopic (exact) mass is 436 g/mol. The molecule has 0 bridgehead atoms. The molecule has 9 heteroatoms. The molecule has 0 fully saturated rings. The van der Waals surface area contributed by atoms with E-state index in [4.69, 9.17) is 4.74 Å². The van der Waals surface area contributed by atoms with Crippen molar-refractivity contribution in [1.82, 2.24) is 19.5 Å². The fourth-order valence-electron chi connectivity index (χ4n) is 3.96. The number of nitrogens with zero attached hydrogens (tertiary/aromatic N) is 3. The van der Waals surface area contributed by atoms with Crippen molar-refractivity contribution < 1.29 is 9.53 Å². The number of nitrogens with one attached hydrogen (secondary N) is 1. The molecule has 1 atom stereocenters. The number of H-pyrrole nitrogens is 1. The number of fused-ring (bicyclic) bond motifs is 3. The van der Waals surface area contributed by atoms with Gasteiger partial charge < -0.3 is 9.72 Å². The van der Waals surface area contributed by atoms with Gasteiger partial charge in [0.1, 0.15) is 10.7 Å². The fraction of sp³-hybridized carbons (Fsp3) is 0.318. The van der Waals surface area contributed by atoms with E-state index >= 15 is 0 Å². The van der Waals surface area contributed by atoms with Gasteiger partial charge >= 0.3 is 5.97 Å². The lowest BCUT2D eigenvalue weighted by molar-refractivity contribution is 0.0320. The van der Waals surface area contributed by atoms with Crippen LogP contribution in [0.4, 0.5) is 0 Å². The SMILES string of the molecule is Cc1sc2nc([C@H](C)OC(=O)c3ccc4c(=O)n5c(nc4c3)CCC5)[nH]c(=O)c2c1C. The smallest absolute Gasteiger partial charge is 0.338 e. The molecule has 1 aliphatic heterocycles. The van der Waals surface area contributed by atoms with E-state index in [9.17, 15) is 14.4 Å². The molecule has 0 radical (unpaired) electrons. The summed E-state index contributed by atoms with van der Waals surface area (Å²) in [5, 5.41) is 1.05. The predicted molar refractivity (Wildman–Crippen MR) is 118 cm³/mol. The van der Waals surface area contributed by atoms with Crippen LogP contribution in [0.3, 0.4) is 0 Å². The van der Waals surface area contributed by atoms with Crippen LogP contribution in [0.25, 0.3) is 21.1 Å². The number of carbonyl (C=O) groups excluding carboxylic acids is 1. The number of rotatable bonds is 3. The minimum atomic E-state index is -0.749. The quantitative estimate of drug-likeness (QED) is 0.495. The van der Waals surface area contributed by atoms with Crippen molar-refractivity contribution in [2.75, 3.05) is 0 Å². The molecule has 5 rings (SSSR count). The second kappa shape index (κ2) is 7.12. The molecule has 3 aromatic heterocycles. The summed E-state index contributed by atoms with van der Waals surface area (Å²) in [7, 11) is 0. The maximum absolute atomic E-state index is 12.7. The Labute approximate surface area is 180 Å². The summed E-state index contributed by atoms with van der Waals surface area (Å²) in [6.07, 6.45) is 0.894. The molecule has 0 unspecified atom stereocenters. The Morgan fingerprint density at radius 2 is 2.06 bits per heavy atom. The van der Waals surface area contributed by atoms with E-state index in [1.54, 1.807) is 29.7 Å².